The predicted octanol–water partition coefficient (Wildman–Crippen LogP) is 6.81. The van der Waals surface area contributed by atoms with Crippen molar-refractivity contribution in [1.82, 2.24) is 14.0 Å². The molecule has 0 saturated carbocycles. The second-order valence-electron chi connectivity index (χ2n) is 9.43. The fraction of sp³-hybridized carbons (Fsp3) is 0.0938. The summed E-state index contributed by atoms with van der Waals surface area (Å²) in [5.41, 5.74) is 4.17. The van der Waals surface area contributed by atoms with Crippen LogP contribution in [0.2, 0.25) is 0 Å². The number of halogens is 1. The molecule has 198 valence electrons. The van der Waals surface area contributed by atoms with Gasteiger partial charge in [0.2, 0.25) is 4.80 Å². The summed E-state index contributed by atoms with van der Waals surface area (Å²) in [5, 5.41) is 8.96. The summed E-state index contributed by atoms with van der Waals surface area (Å²) in [6.45, 7) is 3.79. The average Bonchev–Trinajstić information content (AvgIpc) is 3.46. The van der Waals surface area contributed by atoms with Gasteiger partial charge in [-0.1, -0.05) is 72.8 Å². The van der Waals surface area contributed by atoms with Gasteiger partial charge in [-0.15, -0.1) is 11.3 Å². The summed E-state index contributed by atoms with van der Waals surface area (Å²) in [6, 6.07) is 30.2. The van der Waals surface area contributed by atoms with Crippen molar-refractivity contribution in [3.05, 3.63) is 135 Å². The SMILES string of the molecule is CC(=Nn1c(-c2ccccc2F)csc1=Nc1c(C)n(C)n(-c2ccccc2)c1=O)c1cccc2ccccc12. The Balaban J connectivity index is 1.59. The number of aromatic nitrogens is 3. The number of nitrogens with zero attached hydrogens (tertiary/aromatic N) is 5. The Morgan fingerprint density at radius 2 is 1.57 bits per heavy atom. The first-order valence-corrected chi connectivity index (χ1v) is 13.7. The summed E-state index contributed by atoms with van der Waals surface area (Å²) in [5.74, 6) is -0.360. The maximum atomic E-state index is 15.0. The van der Waals surface area contributed by atoms with Crippen molar-refractivity contribution in [2.45, 2.75) is 13.8 Å². The molecule has 0 bridgehead atoms. The van der Waals surface area contributed by atoms with E-state index in [1.54, 1.807) is 32.2 Å². The van der Waals surface area contributed by atoms with Gasteiger partial charge in [-0.3, -0.25) is 9.48 Å². The molecular formula is C32H26FN5OS. The summed E-state index contributed by atoms with van der Waals surface area (Å²) < 4.78 is 20.0. The van der Waals surface area contributed by atoms with Crippen LogP contribution in [0.3, 0.4) is 0 Å². The third kappa shape index (κ3) is 4.42. The van der Waals surface area contributed by atoms with Gasteiger partial charge >= 0.3 is 0 Å². The van der Waals surface area contributed by atoms with Crippen molar-refractivity contribution in [2.75, 3.05) is 0 Å². The minimum Gasteiger partial charge on any atom is -0.283 e. The van der Waals surface area contributed by atoms with E-state index in [9.17, 15) is 9.18 Å². The van der Waals surface area contributed by atoms with Crippen LogP contribution in [0.25, 0.3) is 27.7 Å². The van der Waals surface area contributed by atoms with Crippen LogP contribution >= 0.6 is 11.3 Å². The van der Waals surface area contributed by atoms with E-state index in [0.717, 1.165) is 27.7 Å². The molecule has 0 radical (unpaired) electrons. The van der Waals surface area contributed by atoms with Crippen molar-refractivity contribution in [2.24, 2.45) is 17.1 Å². The van der Waals surface area contributed by atoms with Crippen LogP contribution < -0.4 is 10.4 Å². The van der Waals surface area contributed by atoms with Crippen LogP contribution in [0.15, 0.2) is 117 Å². The number of thiazole rings is 1. The Morgan fingerprint density at radius 1 is 0.875 bits per heavy atom. The van der Waals surface area contributed by atoms with Crippen LogP contribution in [0.1, 0.15) is 18.2 Å². The normalized spacial score (nSPS) is 12.4. The lowest BCUT2D eigenvalue weighted by Crippen LogP contribution is -2.20. The van der Waals surface area contributed by atoms with Crippen LogP contribution in [0, 0.1) is 12.7 Å². The van der Waals surface area contributed by atoms with Crippen LogP contribution in [0.5, 0.6) is 0 Å². The van der Waals surface area contributed by atoms with Gasteiger partial charge in [-0.25, -0.2) is 18.7 Å². The van der Waals surface area contributed by atoms with Crippen molar-refractivity contribution in [3.63, 3.8) is 0 Å². The Bertz CT molecular complexity index is 2020. The van der Waals surface area contributed by atoms with Gasteiger partial charge in [0.25, 0.3) is 5.56 Å². The maximum Gasteiger partial charge on any atom is 0.297 e. The summed E-state index contributed by atoms with van der Waals surface area (Å²) in [6.07, 6.45) is 0. The van der Waals surface area contributed by atoms with E-state index in [1.807, 2.05) is 80.9 Å². The Labute approximate surface area is 234 Å². The number of hydrogen-bond acceptors (Lipinski definition) is 4. The van der Waals surface area contributed by atoms with Crippen molar-refractivity contribution < 1.29 is 4.39 Å². The average molecular weight is 548 g/mol. The number of benzene rings is 4. The number of para-hydroxylation sites is 1. The van der Waals surface area contributed by atoms with E-state index in [-0.39, 0.29) is 11.4 Å². The molecule has 0 amide bonds. The van der Waals surface area contributed by atoms with Gasteiger partial charge in [0, 0.05) is 23.6 Å². The summed E-state index contributed by atoms with van der Waals surface area (Å²) >= 11 is 1.31. The van der Waals surface area contributed by atoms with E-state index in [0.29, 0.717) is 27.4 Å². The molecule has 0 aliphatic rings. The first-order chi connectivity index (χ1) is 19.4. The number of rotatable bonds is 5. The molecule has 6 rings (SSSR count). The first kappa shape index (κ1) is 25.5. The van der Waals surface area contributed by atoms with E-state index < -0.39 is 0 Å². The second-order valence-corrected chi connectivity index (χ2v) is 10.3. The monoisotopic (exact) mass is 547 g/mol. The van der Waals surface area contributed by atoms with Gasteiger partial charge in [0.1, 0.15) is 5.82 Å². The smallest absolute Gasteiger partial charge is 0.283 e. The largest absolute Gasteiger partial charge is 0.297 e. The summed E-state index contributed by atoms with van der Waals surface area (Å²) in [4.78, 5) is 18.9. The molecule has 2 heterocycles. The van der Waals surface area contributed by atoms with Gasteiger partial charge in [-0.05, 0) is 48.9 Å². The zero-order chi connectivity index (χ0) is 27.8. The molecule has 8 heteroatoms. The Hall–Kier alpha value is -4.82. The van der Waals surface area contributed by atoms with E-state index in [4.69, 9.17) is 10.1 Å². The van der Waals surface area contributed by atoms with E-state index in [2.05, 4.69) is 18.2 Å². The molecule has 6 aromatic rings. The fourth-order valence-corrected chi connectivity index (χ4v) is 5.68. The Morgan fingerprint density at radius 3 is 2.38 bits per heavy atom. The lowest BCUT2D eigenvalue weighted by molar-refractivity contribution is 0.629. The predicted molar refractivity (Wildman–Crippen MR) is 160 cm³/mol. The third-order valence-electron chi connectivity index (χ3n) is 7.00. The van der Waals surface area contributed by atoms with E-state index in [1.165, 1.54) is 17.4 Å². The van der Waals surface area contributed by atoms with Crippen molar-refractivity contribution >= 4 is 33.5 Å². The third-order valence-corrected chi connectivity index (χ3v) is 7.81. The highest BCUT2D eigenvalue weighted by Crippen LogP contribution is 2.25. The first-order valence-electron chi connectivity index (χ1n) is 12.8. The lowest BCUT2D eigenvalue weighted by atomic mass is 10.0. The topological polar surface area (TPSA) is 56.6 Å². The van der Waals surface area contributed by atoms with Gasteiger partial charge in [0.05, 0.1) is 22.8 Å². The molecule has 0 N–H and O–H groups in total. The molecule has 0 saturated heterocycles. The van der Waals surface area contributed by atoms with Crippen LogP contribution in [-0.4, -0.2) is 19.8 Å². The van der Waals surface area contributed by atoms with Gasteiger partial charge in [0.15, 0.2) is 5.69 Å². The lowest BCUT2D eigenvalue weighted by Gasteiger charge is -2.09. The van der Waals surface area contributed by atoms with Crippen LogP contribution in [0.4, 0.5) is 10.1 Å². The fourth-order valence-electron chi connectivity index (χ4n) is 4.85. The molecule has 0 fully saturated rings. The van der Waals surface area contributed by atoms with E-state index >= 15 is 0 Å². The quantitative estimate of drug-likeness (QED) is 0.219. The van der Waals surface area contributed by atoms with Gasteiger partial charge < -0.3 is 0 Å². The molecule has 6 nitrogen and oxygen atoms in total. The number of fused-ring (bicyclic) bond motifs is 1. The van der Waals surface area contributed by atoms with Crippen molar-refractivity contribution in [1.29, 1.82) is 0 Å². The minimum atomic E-state index is -0.360. The van der Waals surface area contributed by atoms with Gasteiger partial charge in [-0.2, -0.15) is 5.10 Å². The zero-order valence-electron chi connectivity index (χ0n) is 22.2. The highest BCUT2D eigenvalue weighted by Gasteiger charge is 2.18. The maximum absolute atomic E-state index is 15.0. The molecule has 2 aromatic heterocycles. The Kier molecular flexibility index (Phi) is 6.61. The molecule has 0 unspecified atom stereocenters. The molecule has 0 aliphatic heterocycles. The van der Waals surface area contributed by atoms with Crippen molar-refractivity contribution in [3.8, 4) is 16.9 Å². The standard InChI is InChI=1S/C32H26FN5OS/c1-21(25-18-11-13-23-12-7-8-16-26(23)25)35-37-29(27-17-9-10-19-28(27)33)20-40-32(37)34-30-22(2)36(3)38(31(30)39)24-14-5-4-6-15-24/h4-20H,1-3H3. The molecule has 0 spiro atoms. The molecular weight excluding hydrogens is 521 g/mol. The molecule has 4 aromatic carbocycles. The highest BCUT2D eigenvalue weighted by atomic mass is 32.1. The molecule has 0 aliphatic carbocycles. The molecule has 0 atom stereocenters. The highest BCUT2D eigenvalue weighted by molar-refractivity contribution is 7.07. The zero-order valence-corrected chi connectivity index (χ0v) is 23.1. The number of hydrogen-bond donors (Lipinski definition) is 0. The summed E-state index contributed by atoms with van der Waals surface area (Å²) in [7, 11) is 1.83. The van der Waals surface area contributed by atoms with Crippen LogP contribution in [-0.2, 0) is 7.05 Å². The molecule has 40 heavy (non-hydrogen) atoms. The second kappa shape index (κ2) is 10.4. The minimum absolute atomic E-state index is 0.242.